The summed E-state index contributed by atoms with van der Waals surface area (Å²) >= 11 is 4.45. The number of carbonyl (C=O) groups is 1. The van der Waals surface area contributed by atoms with Crippen molar-refractivity contribution in [2.75, 3.05) is 0 Å². The van der Waals surface area contributed by atoms with E-state index in [2.05, 4.69) is 26.2 Å². The molecule has 0 saturated carbocycles. The lowest BCUT2D eigenvalue weighted by atomic mass is 10.1. The van der Waals surface area contributed by atoms with Crippen LogP contribution in [0.25, 0.3) is 0 Å². The Labute approximate surface area is 116 Å². The highest BCUT2D eigenvalue weighted by Crippen LogP contribution is 2.18. The monoisotopic (exact) mass is 326 g/mol. The first kappa shape index (κ1) is 13.0. The molecule has 94 valence electrons. The first-order valence-corrected chi connectivity index (χ1v) is 6.94. The van der Waals surface area contributed by atoms with Crippen LogP contribution in [-0.4, -0.2) is 10.9 Å². The number of carbonyl (C=O) groups excluding carboxylic acids is 1. The number of rotatable bonds is 3. The van der Waals surface area contributed by atoms with Crippen LogP contribution in [0.15, 0.2) is 32.8 Å². The number of nitrogens with one attached hydrogen (secondary N) is 2. The molecule has 6 heteroatoms. The zero-order chi connectivity index (χ0) is 13.1. The fourth-order valence-electron chi connectivity index (χ4n) is 1.48. The van der Waals surface area contributed by atoms with E-state index in [9.17, 15) is 9.59 Å². The third-order valence-electron chi connectivity index (χ3n) is 2.38. The van der Waals surface area contributed by atoms with Crippen LogP contribution in [0.4, 0.5) is 0 Å². The number of aromatic amines is 1. The molecule has 0 bridgehead atoms. The lowest BCUT2D eigenvalue weighted by molar-refractivity contribution is 0.0949. The SMILES string of the molecule is Cc1ccc(C(=O)NCc2csc(=O)[nH]2)c(Br)c1. The van der Waals surface area contributed by atoms with E-state index in [-0.39, 0.29) is 10.8 Å². The minimum atomic E-state index is -0.172. The molecule has 2 rings (SSSR count). The Bertz CT molecular complexity index is 633. The Morgan fingerprint density at radius 1 is 1.50 bits per heavy atom. The van der Waals surface area contributed by atoms with Gasteiger partial charge in [0, 0.05) is 15.5 Å². The summed E-state index contributed by atoms with van der Waals surface area (Å²) in [5.74, 6) is -0.172. The minimum Gasteiger partial charge on any atom is -0.346 e. The molecule has 2 N–H and O–H groups in total. The summed E-state index contributed by atoms with van der Waals surface area (Å²) < 4.78 is 0.763. The Hall–Kier alpha value is -1.40. The van der Waals surface area contributed by atoms with Crippen LogP contribution in [-0.2, 0) is 6.54 Å². The highest BCUT2D eigenvalue weighted by Gasteiger charge is 2.09. The molecule has 0 aliphatic carbocycles. The average Bonchev–Trinajstić information content (AvgIpc) is 2.72. The number of hydrogen-bond donors (Lipinski definition) is 2. The number of benzene rings is 1. The molecule has 0 aliphatic rings. The van der Waals surface area contributed by atoms with Crippen molar-refractivity contribution in [1.82, 2.24) is 10.3 Å². The number of H-pyrrole nitrogens is 1. The number of aryl methyl sites for hydroxylation is 1. The maximum atomic E-state index is 11.9. The molecule has 1 heterocycles. The van der Waals surface area contributed by atoms with Gasteiger partial charge in [-0.2, -0.15) is 0 Å². The minimum absolute atomic E-state index is 0.115. The first-order valence-electron chi connectivity index (χ1n) is 5.27. The molecule has 18 heavy (non-hydrogen) atoms. The number of amides is 1. The zero-order valence-corrected chi connectivity index (χ0v) is 12.0. The predicted octanol–water partition coefficient (Wildman–Crippen LogP) is 2.44. The van der Waals surface area contributed by atoms with Crippen LogP contribution in [0.3, 0.4) is 0 Å². The van der Waals surface area contributed by atoms with Gasteiger partial charge in [0.2, 0.25) is 0 Å². The highest BCUT2D eigenvalue weighted by molar-refractivity contribution is 9.10. The van der Waals surface area contributed by atoms with Gasteiger partial charge in [0.25, 0.3) is 5.91 Å². The molecule has 0 saturated heterocycles. The van der Waals surface area contributed by atoms with Gasteiger partial charge < -0.3 is 10.3 Å². The second kappa shape index (κ2) is 5.49. The third kappa shape index (κ3) is 3.08. The van der Waals surface area contributed by atoms with Crippen molar-refractivity contribution in [3.05, 3.63) is 54.5 Å². The van der Waals surface area contributed by atoms with Crippen LogP contribution in [0.5, 0.6) is 0 Å². The summed E-state index contributed by atoms with van der Waals surface area (Å²) in [7, 11) is 0. The summed E-state index contributed by atoms with van der Waals surface area (Å²) in [6.07, 6.45) is 0. The van der Waals surface area contributed by atoms with Crippen molar-refractivity contribution in [3.63, 3.8) is 0 Å². The van der Waals surface area contributed by atoms with Gasteiger partial charge in [0.05, 0.1) is 12.1 Å². The molecule has 0 spiro atoms. The highest BCUT2D eigenvalue weighted by atomic mass is 79.9. The van der Waals surface area contributed by atoms with Crippen molar-refractivity contribution in [3.8, 4) is 0 Å². The molecule has 0 unspecified atom stereocenters. The lowest BCUT2D eigenvalue weighted by Crippen LogP contribution is -2.23. The third-order valence-corrected chi connectivity index (χ3v) is 3.75. The number of aromatic nitrogens is 1. The fourth-order valence-corrected chi connectivity index (χ4v) is 2.73. The molecule has 0 radical (unpaired) electrons. The summed E-state index contributed by atoms with van der Waals surface area (Å²) in [6, 6.07) is 5.54. The second-order valence-corrected chi connectivity index (χ2v) is 5.54. The molecule has 2 aromatic rings. The normalized spacial score (nSPS) is 10.3. The van der Waals surface area contributed by atoms with E-state index < -0.39 is 0 Å². The quantitative estimate of drug-likeness (QED) is 0.910. The van der Waals surface area contributed by atoms with Gasteiger partial charge in [-0.25, -0.2) is 0 Å². The summed E-state index contributed by atoms with van der Waals surface area (Å²) in [4.78, 5) is 25.4. The largest absolute Gasteiger partial charge is 0.346 e. The summed E-state index contributed by atoms with van der Waals surface area (Å²) in [5, 5.41) is 4.46. The fraction of sp³-hybridized carbons (Fsp3) is 0.167. The molecule has 0 fully saturated rings. The van der Waals surface area contributed by atoms with E-state index in [1.165, 1.54) is 0 Å². The second-order valence-electron chi connectivity index (χ2n) is 3.84. The van der Waals surface area contributed by atoms with E-state index in [1.54, 1.807) is 11.4 Å². The van der Waals surface area contributed by atoms with E-state index in [0.29, 0.717) is 17.8 Å². The van der Waals surface area contributed by atoms with Gasteiger partial charge in [0.1, 0.15) is 0 Å². The molecular weight excluding hydrogens is 316 g/mol. The van der Waals surface area contributed by atoms with Crippen molar-refractivity contribution in [1.29, 1.82) is 0 Å². The van der Waals surface area contributed by atoms with Gasteiger partial charge in [-0.15, -0.1) is 0 Å². The maximum Gasteiger partial charge on any atom is 0.304 e. The van der Waals surface area contributed by atoms with Crippen LogP contribution in [0.2, 0.25) is 0 Å². The van der Waals surface area contributed by atoms with Crippen molar-refractivity contribution >= 4 is 33.2 Å². The molecule has 1 aromatic heterocycles. The van der Waals surface area contributed by atoms with Crippen molar-refractivity contribution in [2.45, 2.75) is 13.5 Å². The maximum absolute atomic E-state index is 11.9. The van der Waals surface area contributed by atoms with Gasteiger partial charge in [-0.3, -0.25) is 9.59 Å². The van der Waals surface area contributed by atoms with Crippen molar-refractivity contribution < 1.29 is 4.79 Å². The molecule has 1 amide bonds. The summed E-state index contributed by atoms with van der Waals surface area (Å²) in [5.41, 5.74) is 2.38. The van der Waals surface area contributed by atoms with Gasteiger partial charge in [-0.1, -0.05) is 17.4 Å². The van der Waals surface area contributed by atoms with Gasteiger partial charge in [-0.05, 0) is 40.5 Å². The van der Waals surface area contributed by atoms with Crippen LogP contribution in [0.1, 0.15) is 21.6 Å². The van der Waals surface area contributed by atoms with E-state index in [1.807, 2.05) is 19.1 Å². The Morgan fingerprint density at radius 2 is 2.28 bits per heavy atom. The first-order chi connectivity index (χ1) is 8.56. The Balaban J connectivity index is 2.06. The molecule has 0 aliphatic heterocycles. The number of hydrogen-bond acceptors (Lipinski definition) is 3. The number of halogens is 1. The van der Waals surface area contributed by atoms with Crippen LogP contribution >= 0.6 is 27.3 Å². The van der Waals surface area contributed by atoms with Crippen LogP contribution < -0.4 is 10.2 Å². The van der Waals surface area contributed by atoms with E-state index in [4.69, 9.17) is 0 Å². The van der Waals surface area contributed by atoms with E-state index in [0.717, 1.165) is 21.4 Å². The van der Waals surface area contributed by atoms with E-state index >= 15 is 0 Å². The number of thiazole rings is 1. The molecule has 0 atom stereocenters. The van der Waals surface area contributed by atoms with Gasteiger partial charge >= 0.3 is 4.87 Å². The van der Waals surface area contributed by atoms with Crippen molar-refractivity contribution in [2.24, 2.45) is 0 Å². The predicted molar refractivity (Wildman–Crippen MR) is 75.0 cm³/mol. The molecule has 1 aromatic carbocycles. The van der Waals surface area contributed by atoms with Crippen LogP contribution in [0, 0.1) is 6.92 Å². The Morgan fingerprint density at radius 3 is 2.89 bits per heavy atom. The molecular formula is C12H11BrN2O2S. The smallest absolute Gasteiger partial charge is 0.304 e. The topological polar surface area (TPSA) is 62.0 Å². The summed E-state index contributed by atoms with van der Waals surface area (Å²) in [6.45, 7) is 2.28. The standard InChI is InChI=1S/C12H11BrN2O2S/c1-7-2-3-9(10(13)4-7)11(16)14-5-8-6-18-12(17)15-8/h2-4,6H,5H2,1H3,(H,14,16)(H,15,17). The lowest BCUT2D eigenvalue weighted by Gasteiger charge is -2.06. The zero-order valence-electron chi connectivity index (χ0n) is 9.62. The van der Waals surface area contributed by atoms with Gasteiger partial charge in [0.15, 0.2) is 0 Å². The average molecular weight is 327 g/mol. The molecule has 4 nitrogen and oxygen atoms in total. The Kier molecular flexibility index (Phi) is 3.98.